The Bertz CT molecular complexity index is 480. The molecule has 5 heteroatoms. The first-order valence-corrected chi connectivity index (χ1v) is 6.10. The molecule has 4 nitrogen and oxygen atoms in total. The highest BCUT2D eigenvalue weighted by Gasteiger charge is 2.16. The van der Waals surface area contributed by atoms with Gasteiger partial charge in [0.05, 0.1) is 11.2 Å². The minimum absolute atomic E-state index is 0.115. The average Bonchev–Trinajstić information content (AvgIpc) is 2.29. The molecule has 0 radical (unpaired) electrons. The van der Waals surface area contributed by atoms with Gasteiger partial charge in [0.15, 0.2) is 0 Å². The van der Waals surface area contributed by atoms with Crippen molar-refractivity contribution in [1.82, 2.24) is 15.3 Å². The van der Waals surface area contributed by atoms with Gasteiger partial charge in [0.1, 0.15) is 11.5 Å². The number of aromatic nitrogens is 2. The summed E-state index contributed by atoms with van der Waals surface area (Å²) in [5.74, 6) is 2.89. The molecule has 0 aromatic carbocycles. The second kappa shape index (κ2) is 6.36. The maximum atomic E-state index is 12.0. The van der Waals surface area contributed by atoms with E-state index in [2.05, 4.69) is 21.2 Å². The SMILES string of the molecule is C#CCC(C)NC(=O)c1nc(C(C)C)ncc1Cl. The van der Waals surface area contributed by atoms with Crippen LogP contribution in [-0.4, -0.2) is 21.9 Å². The molecule has 96 valence electrons. The van der Waals surface area contributed by atoms with E-state index in [1.54, 1.807) is 0 Å². The molecule has 1 aromatic heterocycles. The van der Waals surface area contributed by atoms with Gasteiger partial charge in [-0.15, -0.1) is 12.3 Å². The number of hydrogen-bond acceptors (Lipinski definition) is 3. The van der Waals surface area contributed by atoms with Gasteiger partial charge in [-0.1, -0.05) is 25.4 Å². The molecule has 1 rings (SSSR count). The van der Waals surface area contributed by atoms with Crippen LogP contribution in [-0.2, 0) is 0 Å². The van der Waals surface area contributed by atoms with Crippen molar-refractivity contribution in [2.45, 2.75) is 39.2 Å². The fourth-order valence-corrected chi connectivity index (χ4v) is 1.52. The monoisotopic (exact) mass is 265 g/mol. The second-order valence-corrected chi connectivity index (χ2v) is 4.77. The lowest BCUT2D eigenvalue weighted by atomic mass is 10.2. The third-order valence-corrected chi connectivity index (χ3v) is 2.57. The van der Waals surface area contributed by atoms with Crippen LogP contribution >= 0.6 is 11.6 Å². The molecule has 0 aliphatic rings. The van der Waals surface area contributed by atoms with Crippen LogP contribution in [0.1, 0.15) is 49.4 Å². The number of halogens is 1. The van der Waals surface area contributed by atoms with Crippen LogP contribution < -0.4 is 5.32 Å². The van der Waals surface area contributed by atoms with Gasteiger partial charge < -0.3 is 5.32 Å². The summed E-state index contributed by atoms with van der Waals surface area (Å²) in [4.78, 5) is 20.2. The highest BCUT2D eigenvalue weighted by atomic mass is 35.5. The van der Waals surface area contributed by atoms with Crippen molar-refractivity contribution in [1.29, 1.82) is 0 Å². The van der Waals surface area contributed by atoms with Crippen LogP contribution in [0.4, 0.5) is 0 Å². The predicted octanol–water partition coefficient (Wildman–Crippen LogP) is 2.40. The molecular weight excluding hydrogens is 250 g/mol. The normalized spacial score (nSPS) is 12.0. The van der Waals surface area contributed by atoms with Crippen molar-refractivity contribution in [3.8, 4) is 12.3 Å². The molecule has 1 atom stereocenters. The first kappa shape index (κ1) is 14.5. The summed E-state index contributed by atoms with van der Waals surface area (Å²) >= 11 is 5.93. The van der Waals surface area contributed by atoms with E-state index in [4.69, 9.17) is 18.0 Å². The standard InChI is InChI=1S/C13H16ClN3O/c1-5-6-9(4)16-13(18)11-10(14)7-15-12(17-11)8(2)3/h1,7-9H,6H2,2-4H3,(H,16,18). The van der Waals surface area contributed by atoms with Gasteiger partial charge in [0.2, 0.25) is 0 Å². The molecule has 0 saturated carbocycles. The minimum atomic E-state index is -0.327. The Labute approximate surface area is 112 Å². The van der Waals surface area contributed by atoms with Crippen LogP contribution in [0.25, 0.3) is 0 Å². The van der Waals surface area contributed by atoms with E-state index in [0.29, 0.717) is 12.2 Å². The Kier molecular flexibility index (Phi) is 5.11. The fraction of sp³-hybridized carbons (Fsp3) is 0.462. The third kappa shape index (κ3) is 3.71. The van der Waals surface area contributed by atoms with E-state index < -0.39 is 0 Å². The number of carbonyl (C=O) groups excluding carboxylic acids is 1. The van der Waals surface area contributed by atoms with Gasteiger partial charge in [-0.3, -0.25) is 4.79 Å². The molecular formula is C13H16ClN3O. The Hall–Kier alpha value is -1.60. The summed E-state index contributed by atoms with van der Waals surface area (Å²) in [5, 5.41) is 2.99. The van der Waals surface area contributed by atoms with Crippen LogP contribution in [0, 0.1) is 12.3 Å². The average molecular weight is 266 g/mol. The lowest BCUT2D eigenvalue weighted by Crippen LogP contribution is -2.33. The zero-order valence-corrected chi connectivity index (χ0v) is 11.5. The number of amides is 1. The molecule has 0 fully saturated rings. The van der Waals surface area contributed by atoms with Gasteiger partial charge in [-0.25, -0.2) is 9.97 Å². The number of nitrogens with one attached hydrogen (secondary N) is 1. The Balaban J connectivity index is 2.91. The quantitative estimate of drug-likeness (QED) is 0.851. The maximum absolute atomic E-state index is 12.0. The van der Waals surface area contributed by atoms with Crippen molar-refractivity contribution >= 4 is 17.5 Å². The first-order chi connectivity index (χ1) is 8.45. The van der Waals surface area contributed by atoms with Gasteiger partial charge >= 0.3 is 0 Å². The summed E-state index contributed by atoms with van der Waals surface area (Å²) in [6.07, 6.45) is 7.10. The van der Waals surface area contributed by atoms with Gasteiger partial charge in [0, 0.05) is 18.4 Å². The summed E-state index contributed by atoms with van der Waals surface area (Å²) in [6, 6.07) is -0.115. The van der Waals surface area contributed by atoms with Gasteiger partial charge in [0.25, 0.3) is 5.91 Å². The number of carbonyl (C=O) groups is 1. The van der Waals surface area contributed by atoms with Crippen molar-refractivity contribution in [3.05, 3.63) is 22.7 Å². The molecule has 0 saturated heterocycles. The summed E-state index contributed by atoms with van der Waals surface area (Å²) in [6.45, 7) is 5.73. The van der Waals surface area contributed by atoms with E-state index in [1.165, 1.54) is 6.20 Å². The number of terminal acetylenes is 1. The Morgan fingerprint density at radius 3 is 2.78 bits per heavy atom. The van der Waals surface area contributed by atoms with Crippen molar-refractivity contribution in [3.63, 3.8) is 0 Å². The lowest BCUT2D eigenvalue weighted by Gasteiger charge is -2.12. The highest BCUT2D eigenvalue weighted by Crippen LogP contribution is 2.16. The van der Waals surface area contributed by atoms with E-state index in [-0.39, 0.29) is 28.6 Å². The second-order valence-electron chi connectivity index (χ2n) is 4.36. The predicted molar refractivity (Wildman–Crippen MR) is 71.5 cm³/mol. The highest BCUT2D eigenvalue weighted by molar-refractivity contribution is 6.33. The molecule has 0 aliphatic heterocycles. The van der Waals surface area contributed by atoms with Crippen LogP contribution in [0.3, 0.4) is 0 Å². The van der Waals surface area contributed by atoms with Crippen molar-refractivity contribution in [2.24, 2.45) is 0 Å². The van der Waals surface area contributed by atoms with Gasteiger partial charge in [-0.2, -0.15) is 0 Å². The van der Waals surface area contributed by atoms with Crippen molar-refractivity contribution in [2.75, 3.05) is 0 Å². The van der Waals surface area contributed by atoms with Crippen molar-refractivity contribution < 1.29 is 4.79 Å². The van der Waals surface area contributed by atoms with E-state index in [0.717, 1.165) is 0 Å². The third-order valence-electron chi connectivity index (χ3n) is 2.30. The smallest absolute Gasteiger partial charge is 0.271 e. The Morgan fingerprint density at radius 2 is 2.22 bits per heavy atom. The lowest BCUT2D eigenvalue weighted by molar-refractivity contribution is 0.0935. The first-order valence-electron chi connectivity index (χ1n) is 5.72. The summed E-state index contributed by atoms with van der Waals surface area (Å²) in [5.41, 5.74) is 0.194. The molecule has 0 spiro atoms. The van der Waals surface area contributed by atoms with Crippen LogP contribution in [0.2, 0.25) is 5.02 Å². The molecule has 0 aliphatic carbocycles. The maximum Gasteiger partial charge on any atom is 0.271 e. The van der Waals surface area contributed by atoms with E-state index in [9.17, 15) is 4.79 Å². The molecule has 1 heterocycles. The molecule has 1 amide bonds. The zero-order valence-electron chi connectivity index (χ0n) is 10.7. The van der Waals surface area contributed by atoms with Crippen LogP contribution in [0.15, 0.2) is 6.20 Å². The zero-order chi connectivity index (χ0) is 13.7. The topological polar surface area (TPSA) is 54.9 Å². The molecule has 1 unspecified atom stereocenters. The van der Waals surface area contributed by atoms with Gasteiger partial charge in [-0.05, 0) is 6.92 Å². The number of hydrogen-bond donors (Lipinski definition) is 1. The summed E-state index contributed by atoms with van der Waals surface area (Å²) in [7, 11) is 0. The van der Waals surface area contributed by atoms with Crippen LogP contribution in [0.5, 0.6) is 0 Å². The van der Waals surface area contributed by atoms with E-state index in [1.807, 2.05) is 20.8 Å². The number of rotatable bonds is 4. The Morgan fingerprint density at radius 1 is 1.56 bits per heavy atom. The molecule has 1 aromatic rings. The summed E-state index contributed by atoms with van der Waals surface area (Å²) < 4.78 is 0. The molecule has 18 heavy (non-hydrogen) atoms. The molecule has 1 N–H and O–H groups in total. The largest absolute Gasteiger partial charge is 0.347 e. The number of nitrogens with zero attached hydrogens (tertiary/aromatic N) is 2. The fourth-order valence-electron chi connectivity index (χ4n) is 1.34. The molecule has 0 bridgehead atoms. The minimum Gasteiger partial charge on any atom is -0.347 e. The van der Waals surface area contributed by atoms with E-state index >= 15 is 0 Å².